The Hall–Kier alpha value is -1.72. The summed E-state index contributed by atoms with van der Waals surface area (Å²) in [5.41, 5.74) is 1.04. The number of likely N-dealkylation sites (tertiary alicyclic amines) is 1. The van der Waals surface area contributed by atoms with Crippen LogP contribution in [-0.4, -0.2) is 40.4 Å². The number of carbonyl (C=O) groups is 2. The minimum atomic E-state index is -0.0214. The molecule has 0 spiro atoms. The molecule has 1 amide bonds. The van der Waals surface area contributed by atoms with E-state index in [0.29, 0.717) is 22.0 Å². The van der Waals surface area contributed by atoms with E-state index in [0.717, 1.165) is 30.8 Å². The van der Waals surface area contributed by atoms with Crippen LogP contribution >= 0.6 is 23.4 Å². The Morgan fingerprint density at radius 1 is 1.17 bits per heavy atom. The molecule has 1 aliphatic heterocycles. The van der Waals surface area contributed by atoms with Crippen molar-refractivity contribution >= 4 is 35.1 Å². The highest BCUT2D eigenvalue weighted by Gasteiger charge is 2.21. The van der Waals surface area contributed by atoms with Gasteiger partial charge in [0.15, 0.2) is 5.78 Å². The molecule has 0 saturated carbocycles. The van der Waals surface area contributed by atoms with Crippen LogP contribution in [0.5, 0.6) is 0 Å². The average Bonchev–Trinajstić information content (AvgIpc) is 3.25. The van der Waals surface area contributed by atoms with Gasteiger partial charge in [-0.2, -0.15) is 0 Å². The average molecular weight is 349 g/mol. The van der Waals surface area contributed by atoms with Gasteiger partial charge in [-0.15, -0.1) is 11.8 Å². The lowest BCUT2D eigenvalue weighted by atomic mass is 10.2. The first-order valence-corrected chi connectivity index (χ1v) is 8.89. The number of thioether (sulfide) groups is 1. The molecule has 1 fully saturated rings. The third-order valence-corrected chi connectivity index (χ3v) is 5.08. The third-order valence-electron chi connectivity index (χ3n) is 3.81. The normalized spacial score (nSPS) is 14.2. The molecule has 1 aliphatic rings. The molecule has 2 aromatic rings. The maximum absolute atomic E-state index is 12.3. The van der Waals surface area contributed by atoms with Crippen molar-refractivity contribution in [3.05, 3.63) is 52.8 Å². The van der Waals surface area contributed by atoms with Crippen LogP contribution in [0.25, 0.3) is 0 Å². The number of ketones is 1. The summed E-state index contributed by atoms with van der Waals surface area (Å²) in [5, 5.41) is 0.677. The zero-order valence-corrected chi connectivity index (χ0v) is 14.1. The van der Waals surface area contributed by atoms with Crippen LogP contribution in [0.4, 0.5) is 0 Å². The zero-order valence-electron chi connectivity index (χ0n) is 12.5. The van der Waals surface area contributed by atoms with Gasteiger partial charge in [0.2, 0.25) is 0 Å². The van der Waals surface area contributed by atoms with Crippen molar-refractivity contribution in [3.8, 4) is 0 Å². The molecule has 0 bridgehead atoms. The van der Waals surface area contributed by atoms with E-state index in [1.807, 2.05) is 17.0 Å². The Kier molecular flexibility index (Phi) is 5.08. The first kappa shape index (κ1) is 16.1. The van der Waals surface area contributed by atoms with E-state index in [1.165, 1.54) is 11.8 Å². The second kappa shape index (κ2) is 7.23. The number of H-pyrrole nitrogens is 1. The fourth-order valence-corrected chi connectivity index (χ4v) is 3.45. The molecule has 23 heavy (non-hydrogen) atoms. The molecular weight excluding hydrogens is 332 g/mol. The quantitative estimate of drug-likeness (QED) is 0.659. The van der Waals surface area contributed by atoms with Gasteiger partial charge in [-0.1, -0.05) is 11.6 Å². The lowest BCUT2D eigenvalue weighted by molar-refractivity contribution is 0.0787. The summed E-state index contributed by atoms with van der Waals surface area (Å²) in [7, 11) is 0. The Bertz CT molecular complexity index is 706. The molecule has 0 atom stereocenters. The third kappa shape index (κ3) is 3.98. The van der Waals surface area contributed by atoms with Crippen molar-refractivity contribution in [2.75, 3.05) is 18.8 Å². The van der Waals surface area contributed by atoms with Crippen LogP contribution < -0.4 is 0 Å². The number of nitrogens with zero attached hydrogens (tertiary/aromatic N) is 1. The molecule has 4 nitrogen and oxygen atoms in total. The topological polar surface area (TPSA) is 53.2 Å². The van der Waals surface area contributed by atoms with Gasteiger partial charge in [-0.3, -0.25) is 9.59 Å². The van der Waals surface area contributed by atoms with Crippen LogP contribution in [0.2, 0.25) is 5.02 Å². The second-order valence-electron chi connectivity index (χ2n) is 5.47. The molecule has 6 heteroatoms. The highest BCUT2D eigenvalue weighted by Crippen LogP contribution is 2.22. The number of rotatable bonds is 5. The Morgan fingerprint density at radius 3 is 2.57 bits per heavy atom. The van der Waals surface area contributed by atoms with Gasteiger partial charge in [0.25, 0.3) is 5.91 Å². The second-order valence-corrected chi connectivity index (χ2v) is 6.95. The molecule has 1 saturated heterocycles. The maximum Gasteiger partial charge on any atom is 0.270 e. The first-order chi connectivity index (χ1) is 11.1. The summed E-state index contributed by atoms with van der Waals surface area (Å²) in [6.45, 7) is 1.60. The molecule has 2 heterocycles. The van der Waals surface area contributed by atoms with Crippen LogP contribution in [0.3, 0.4) is 0 Å². The van der Waals surface area contributed by atoms with Crippen molar-refractivity contribution in [2.24, 2.45) is 0 Å². The van der Waals surface area contributed by atoms with E-state index in [-0.39, 0.29) is 11.7 Å². The maximum atomic E-state index is 12.3. The first-order valence-electron chi connectivity index (χ1n) is 7.53. The number of carbonyl (C=O) groups excluding carboxylic acids is 2. The van der Waals surface area contributed by atoms with Gasteiger partial charge in [0.1, 0.15) is 5.69 Å². The monoisotopic (exact) mass is 348 g/mol. The van der Waals surface area contributed by atoms with Crippen LogP contribution in [0.15, 0.2) is 41.4 Å². The number of aromatic nitrogens is 1. The van der Waals surface area contributed by atoms with Gasteiger partial charge >= 0.3 is 0 Å². The molecule has 120 valence electrons. The van der Waals surface area contributed by atoms with E-state index >= 15 is 0 Å². The number of halogens is 1. The molecule has 0 unspecified atom stereocenters. The fraction of sp³-hybridized carbons (Fsp3) is 0.294. The molecule has 1 N–H and O–H groups in total. The lowest BCUT2D eigenvalue weighted by Crippen LogP contribution is -2.27. The molecular formula is C17H17ClN2O2S. The standard InChI is InChI=1S/C17H17ClN2O2S/c18-13-3-5-14(6-4-13)23-11-16(21)12-9-15(19-10-12)17(22)20-7-1-2-8-20/h3-6,9-10,19H,1-2,7-8,11H2. The number of hydrogen-bond donors (Lipinski definition) is 1. The number of hydrogen-bond acceptors (Lipinski definition) is 3. The summed E-state index contributed by atoms with van der Waals surface area (Å²) in [4.78, 5) is 30.3. The SMILES string of the molecule is O=C(CSc1ccc(Cl)cc1)c1c[nH]c(C(=O)N2CCCC2)c1. The molecule has 3 rings (SSSR count). The zero-order chi connectivity index (χ0) is 16.2. The Balaban J connectivity index is 1.59. The summed E-state index contributed by atoms with van der Waals surface area (Å²) >= 11 is 7.30. The van der Waals surface area contributed by atoms with Gasteiger partial charge in [0.05, 0.1) is 5.75 Å². The predicted octanol–water partition coefficient (Wildman–Crippen LogP) is 3.88. The number of benzene rings is 1. The van der Waals surface area contributed by atoms with Crippen molar-refractivity contribution in [2.45, 2.75) is 17.7 Å². The Morgan fingerprint density at radius 2 is 1.87 bits per heavy atom. The van der Waals surface area contributed by atoms with Crippen LogP contribution in [0, 0.1) is 0 Å². The summed E-state index contributed by atoms with van der Waals surface area (Å²) < 4.78 is 0. The smallest absolute Gasteiger partial charge is 0.270 e. The highest BCUT2D eigenvalue weighted by atomic mass is 35.5. The number of aromatic amines is 1. The van der Waals surface area contributed by atoms with Crippen LogP contribution in [0.1, 0.15) is 33.7 Å². The van der Waals surface area contributed by atoms with Crippen molar-refractivity contribution in [3.63, 3.8) is 0 Å². The van der Waals surface area contributed by atoms with E-state index in [9.17, 15) is 9.59 Å². The predicted molar refractivity (Wildman–Crippen MR) is 92.4 cm³/mol. The van der Waals surface area contributed by atoms with E-state index in [4.69, 9.17) is 11.6 Å². The number of nitrogens with one attached hydrogen (secondary N) is 1. The lowest BCUT2D eigenvalue weighted by Gasteiger charge is -2.13. The van der Waals surface area contributed by atoms with Gasteiger partial charge < -0.3 is 9.88 Å². The molecule has 0 aliphatic carbocycles. The summed E-state index contributed by atoms with van der Waals surface area (Å²) in [5.74, 6) is 0.310. The van der Waals surface area contributed by atoms with E-state index in [1.54, 1.807) is 24.4 Å². The van der Waals surface area contributed by atoms with Crippen molar-refractivity contribution in [1.82, 2.24) is 9.88 Å². The Labute approximate surface area is 144 Å². The minimum Gasteiger partial charge on any atom is -0.356 e. The number of amides is 1. The van der Waals surface area contributed by atoms with Gasteiger partial charge in [-0.05, 0) is 43.2 Å². The fourth-order valence-electron chi connectivity index (χ4n) is 2.53. The van der Waals surface area contributed by atoms with Crippen LogP contribution in [-0.2, 0) is 0 Å². The summed E-state index contributed by atoms with van der Waals surface area (Å²) in [6.07, 6.45) is 3.72. The van der Waals surface area contributed by atoms with Crippen molar-refractivity contribution < 1.29 is 9.59 Å². The van der Waals surface area contributed by atoms with Gasteiger partial charge in [0, 0.05) is 34.8 Å². The summed E-state index contributed by atoms with van der Waals surface area (Å²) in [6, 6.07) is 9.04. The largest absolute Gasteiger partial charge is 0.356 e. The van der Waals surface area contributed by atoms with Crippen molar-refractivity contribution in [1.29, 1.82) is 0 Å². The molecule has 1 aromatic carbocycles. The molecule has 0 radical (unpaired) electrons. The van der Waals surface area contributed by atoms with E-state index in [2.05, 4.69) is 4.98 Å². The minimum absolute atomic E-state index is 0.00155. The molecule has 1 aromatic heterocycles. The number of Topliss-reactive ketones (excluding diaryl/α,β-unsaturated/α-hetero) is 1. The van der Waals surface area contributed by atoms with Gasteiger partial charge in [-0.25, -0.2) is 0 Å². The van der Waals surface area contributed by atoms with E-state index < -0.39 is 0 Å². The highest BCUT2D eigenvalue weighted by molar-refractivity contribution is 8.00.